The largest absolute Gasteiger partial charge is 0.493 e. The fraction of sp³-hybridized carbons (Fsp3) is 0.500. The van der Waals surface area contributed by atoms with E-state index in [1.54, 1.807) is 12.1 Å². The topological polar surface area (TPSA) is 38.8 Å². The van der Waals surface area contributed by atoms with Crippen molar-refractivity contribution in [2.24, 2.45) is 5.41 Å². The first-order chi connectivity index (χ1) is 14.8. The maximum atomic E-state index is 13.1. The number of likely N-dealkylation sites (tertiary alicyclic amines) is 1. The summed E-state index contributed by atoms with van der Waals surface area (Å²) < 4.78 is 12.7. The lowest BCUT2D eigenvalue weighted by Gasteiger charge is -2.37. The molecular weight excluding hydrogens is 454 g/mol. The molecule has 2 aromatic rings. The molecule has 31 heavy (non-hydrogen) atoms. The number of ether oxygens (including phenoxy) is 2. The summed E-state index contributed by atoms with van der Waals surface area (Å²) in [5.74, 6) is 0.757. The zero-order chi connectivity index (χ0) is 22.4. The molecule has 1 heterocycles. The van der Waals surface area contributed by atoms with E-state index in [2.05, 4.69) is 41.6 Å². The zero-order valence-corrected chi connectivity index (χ0v) is 20.8. The number of carbonyl (C=O) groups is 1. The Morgan fingerprint density at radius 1 is 1.16 bits per heavy atom. The Kier molecular flexibility index (Phi) is 8.17. The molecule has 3 rings (SSSR count). The highest BCUT2D eigenvalue weighted by molar-refractivity contribution is 9.10. The van der Waals surface area contributed by atoms with Crippen LogP contribution in [0.25, 0.3) is 0 Å². The van der Waals surface area contributed by atoms with Crippen LogP contribution in [0.3, 0.4) is 0 Å². The molecule has 1 fully saturated rings. The van der Waals surface area contributed by atoms with Gasteiger partial charge in [-0.25, -0.2) is 4.79 Å². The Morgan fingerprint density at radius 3 is 2.48 bits per heavy atom. The van der Waals surface area contributed by atoms with Gasteiger partial charge in [-0.2, -0.15) is 0 Å². The maximum Gasteiger partial charge on any atom is 0.347 e. The minimum absolute atomic E-state index is 0.387. The number of carbonyl (C=O) groups excluding carboxylic acids is 1. The molecule has 168 valence electrons. The minimum Gasteiger partial charge on any atom is -0.493 e. The first-order valence-electron chi connectivity index (χ1n) is 11.2. The number of rotatable bonds is 8. The summed E-state index contributed by atoms with van der Waals surface area (Å²) in [7, 11) is 0. The van der Waals surface area contributed by atoms with Crippen LogP contribution >= 0.6 is 15.9 Å². The monoisotopic (exact) mass is 487 g/mol. The van der Waals surface area contributed by atoms with Crippen LogP contribution in [-0.2, 0) is 6.54 Å². The third-order valence-electron chi connectivity index (χ3n) is 6.05. The lowest BCUT2D eigenvalue weighted by atomic mass is 9.82. The normalized spacial score (nSPS) is 16.2. The van der Waals surface area contributed by atoms with E-state index in [-0.39, 0.29) is 5.97 Å². The predicted molar refractivity (Wildman–Crippen MR) is 129 cm³/mol. The molecule has 0 aromatic heterocycles. The zero-order valence-electron chi connectivity index (χ0n) is 19.2. The highest BCUT2D eigenvalue weighted by atomic mass is 79.9. The molecule has 0 amide bonds. The molecule has 0 unspecified atom stereocenters. The molecule has 0 N–H and O–H groups in total. The van der Waals surface area contributed by atoms with Gasteiger partial charge >= 0.3 is 5.97 Å². The van der Waals surface area contributed by atoms with E-state index in [4.69, 9.17) is 9.47 Å². The van der Waals surface area contributed by atoms with Crippen molar-refractivity contribution in [1.29, 1.82) is 0 Å². The smallest absolute Gasteiger partial charge is 0.347 e. The first kappa shape index (κ1) is 23.8. The fourth-order valence-corrected chi connectivity index (χ4v) is 4.28. The van der Waals surface area contributed by atoms with Gasteiger partial charge < -0.3 is 9.47 Å². The van der Waals surface area contributed by atoms with Crippen molar-refractivity contribution in [1.82, 2.24) is 4.90 Å². The summed E-state index contributed by atoms with van der Waals surface area (Å²) >= 11 is 3.76. The Labute approximate surface area is 195 Å². The van der Waals surface area contributed by atoms with Gasteiger partial charge in [0.15, 0.2) is 0 Å². The molecule has 1 aliphatic heterocycles. The molecule has 0 bridgehead atoms. The van der Waals surface area contributed by atoms with Crippen LogP contribution in [0.4, 0.5) is 0 Å². The van der Waals surface area contributed by atoms with Gasteiger partial charge in [0.1, 0.15) is 17.1 Å². The Hall–Kier alpha value is -1.85. The number of hydrogen-bond donors (Lipinski definition) is 0. The van der Waals surface area contributed by atoms with E-state index >= 15 is 0 Å². The Balaban J connectivity index is 1.87. The van der Waals surface area contributed by atoms with E-state index in [0.717, 1.165) is 48.1 Å². The van der Waals surface area contributed by atoms with Gasteiger partial charge in [0, 0.05) is 11.0 Å². The number of unbranched alkanes of at least 4 members (excludes halogenated alkanes) is 1. The lowest BCUT2D eigenvalue weighted by Crippen LogP contribution is -2.36. The van der Waals surface area contributed by atoms with Gasteiger partial charge in [-0.1, -0.05) is 61.3 Å². The summed E-state index contributed by atoms with van der Waals surface area (Å²) in [6, 6.07) is 11.2. The minimum atomic E-state index is -0.387. The molecule has 1 aliphatic rings. The van der Waals surface area contributed by atoms with Crippen molar-refractivity contribution < 1.29 is 14.3 Å². The van der Waals surface area contributed by atoms with Crippen molar-refractivity contribution in [3.63, 3.8) is 0 Å². The lowest BCUT2D eigenvalue weighted by molar-refractivity contribution is 0.0729. The number of piperidine rings is 1. The Bertz CT molecular complexity index is 885. The summed E-state index contributed by atoms with van der Waals surface area (Å²) in [5, 5.41) is 0. The van der Waals surface area contributed by atoms with Crippen LogP contribution in [0.15, 0.2) is 40.9 Å². The molecule has 0 atom stereocenters. The molecule has 2 aromatic carbocycles. The number of nitrogens with zero attached hydrogens (tertiary/aromatic N) is 1. The highest BCUT2D eigenvalue weighted by Crippen LogP contribution is 2.36. The van der Waals surface area contributed by atoms with E-state index in [1.165, 1.54) is 12.8 Å². The molecule has 0 saturated carbocycles. The standard InChI is InChI=1S/C26H34BrNO3/c1-5-6-16-30-22-17-20(18-28-14-12-26(3,4)13-15-28)24(27)19(2)23(22)25(29)31-21-10-8-7-9-11-21/h7-11,17H,5-6,12-16,18H2,1-4H3. The third-order valence-corrected chi connectivity index (χ3v) is 7.16. The van der Waals surface area contributed by atoms with Crippen LogP contribution in [0, 0.1) is 12.3 Å². The second-order valence-corrected chi connectivity index (χ2v) is 9.99. The van der Waals surface area contributed by atoms with Crippen molar-refractivity contribution in [3.8, 4) is 11.5 Å². The Morgan fingerprint density at radius 2 is 1.84 bits per heavy atom. The summed E-state index contributed by atoms with van der Waals surface area (Å²) in [4.78, 5) is 15.6. The van der Waals surface area contributed by atoms with Crippen molar-refractivity contribution in [3.05, 3.63) is 57.6 Å². The molecule has 4 nitrogen and oxygen atoms in total. The predicted octanol–water partition coefficient (Wildman–Crippen LogP) is 6.78. The first-order valence-corrected chi connectivity index (χ1v) is 12.0. The highest BCUT2D eigenvalue weighted by Gasteiger charge is 2.27. The van der Waals surface area contributed by atoms with E-state index < -0.39 is 0 Å². The van der Waals surface area contributed by atoms with E-state index in [9.17, 15) is 4.79 Å². The van der Waals surface area contributed by atoms with Crippen LogP contribution in [0.5, 0.6) is 11.5 Å². The van der Waals surface area contributed by atoms with Gasteiger partial charge in [-0.3, -0.25) is 4.90 Å². The van der Waals surface area contributed by atoms with Gasteiger partial charge in [-0.15, -0.1) is 0 Å². The average molecular weight is 488 g/mol. The number of esters is 1. The number of hydrogen-bond acceptors (Lipinski definition) is 4. The van der Waals surface area contributed by atoms with Gasteiger partial charge in [0.2, 0.25) is 0 Å². The van der Waals surface area contributed by atoms with Crippen molar-refractivity contribution in [2.45, 2.75) is 59.9 Å². The maximum absolute atomic E-state index is 13.1. The summed E-state index contributed by atoms with van der Waals surface area (Å²) in [5.41, 5.74) is 2.93. The fourth-order valence-electron chi connectivity index (χ4n) is 3.84. The average Bonchev–Trinajstić information content (AvgIpc) is 2.74. The number of para-hydroxylation sites is 1. The van der Waals surface area contributed by atoms with Gasteiger partial charge in [0.05, 0.1) is 6.61 Å². The molecule has 5 heteroatoms. The number of benzene rings is 2. The quantitative estimate of drug-likeness (QED) is 0.233. The van der Waals surface area contributed by atoms with Crippen LogP contribution in [0.2, 0.25) is 0 Å². The molecule has 0 aliphatic carbocycles. The second-order valence-electron chi connectivity index (χ2n) is 9.19. The molecule has 1 saturated heterocycles. The SMILES string of the molecule is CCCCOc1cc(CN2CCC(C)(C)CC2)c(Br)c(C)c1C(=O)Oc1ccccc1. The van der Waals surface area contributed by atoms with Crippen LogP contribution < -0.4 is 9.47 Å². The number of halogens is 1. The third kappa shape index (κ3) is 6.33. The van der Waals surface area contributed by atoms with Crippen LogP contribution in [-0.4, -0.2) is 30.6 Å². The molecular formula is C26H34BrNO3. The second kappa shape index (κ2) is 10.6. The van der Waals surface area contributed by atoms with Crippen LogP contribution in [0.1, 0.15) is 67.9 Å². The van der Waals surface area contributed by atoms with Crippen molar-refractivity contribution in [2.75, 3.05) is 19.7 Å². The van der Waals surface area contributed by atoms with E-state index in [1.807, 2.05) is 31.2 Å². The molecule has 0 spiro atoms. The molecule has 0 radical (unpaired) electrons. The summed E-state index contributed by atoms with van der Waals surface area (Å²) in [6.07, 6.45) is 4.38. The summed E-state index contributed by atoms with van der Waals surface area (Å²) in [6.45, 7) is 12.4. The van der Waals surface area contributed by atoms with Crippen molar-refractivity contribution >= 4 is 21.9 Å². The van der Waals surface area contributed by atoms with E-state index in [0.29, 0.717) is 29.1 Å². The van der Waals surface area contributed by atoms with Gasteiger partial charge in [0.25, 0.3) is 0 Å². The van der Waals surface area contributed by atoms with Gasteiger partial charge in [-0.05, 0) is 74.0 Å².